The van der Waals surface area contributed by atoms with Gasteiger partial charge in [-0.05, 0) is 44.1 Å². The summed E-state index contributed by atoms with van der Waals surface area (Å²) in [6.07, 6.45) is 5.81. The standard InChI is InChI=1S/C11H21N3/c1-14(7-11(12)13)6-10-5-8-2-3-9(10)4-8/h8-10H,2-7H2,1H3,(H3,12,13). The molecule has 0 aromatic rings. The maximum absolute atomic E-state index is 7.24. The van der Waals surface area contributed by atoms with E-state index in [0.29, 0.717) is 6.54 Å². The number of nitrogens with one attached hydrogen (secondary N) is 1. The lowest BCUT2D eigenvalue weighted by atomic mass is 9.88. The second kappa shape index (κ2) is 3.89. The minimum atomic E-state index is 0.288. The van der Waals surface area contributed by atoms with Crippen molar-refractivity contribution < 1.29 is 0 Å². The van der Waals surface area contributed by atoms with E-state index in [2.05, 4.69) is 11.9 Å². The Balaban J connectivity index is 1.78. The molecule has 2 aliphatic carbocycles. The Hall–Kier alpha value is -0.570. The molecule has 14 heavy (non-hydrogen) atoms. The molecule has 3 unspecified atom stereocenters. The van der Waals surface area contributed by atoms with Crippen LogP contribution in [0.1, 0.15) is 25.7 Å². The van der Waals surface area contributed by atoms with Gasteiger partial charge in [-0.25, -0.2) is 0 Å². The van der Waals surface area contributed by atoms with Crippen LogP contribution in [0.5, 0.6) is 0 Å². The summed E-state index contributed by atoms with van der Waals surface area (Å²) >= 11 is 0. The molecule has 2 fully saturated rings. The van der Waals surface area contributed by atoms with Gasteiger partial charge >= 0.3 is 0 Å². The van der Waals surface area contributed by atoms with Gasteiger partial charge in [0.1, 0.15) is 5.84 Å². The Morgan fingerprint density at radius 2 is 2.21 bits per heavy atom. The molecule has 0 spiro atoms. The third-order valence-electron chi connectivity index (χ3n) is 3.87. The van der Waals surface area contributed by atoms with Crippen molar-refractivity contribution in [1.29, 1.82) is 5.41 Å². The van der Waals surface area contributed by atoms with Crippen molar-refractivity contribution in [3.8, 4) is 0 Å². The van der Waals surface area contributed by atoms with E-state index in [0.717, 1.165) is 24.3 Å². The van der Waals surface area contributed by atoms with Gasteiger partial charge in [0.25, 0.3) is 0 Å². The molecule has 0 aliphatic heterocycles. The minimum Gasteiger partial charge on any atom is -0.387 e. The van der Waals surface area contributed by atoms with E-state index in [1.165, 1.54) is 25.7 Å². The van der Waals surface area contributed by atoms with E-state index in [-0.39, 0.29) is 5.84 Å². The summed E-state index contributed by atoms with van der Waals surface area (Å²) in [5.74, 6) is 3.18. The smallest absolute Gasteiger partial charge is 0.105 e. The summed E-state index contributed by atoms with van der Waals surface area (Å²) < 4.78 is 0. The predicted molar refractivity (Wildman–Crippen MR) is 58.3 cm³/mol. The first kappa shape index (κ1) is 9.97. The molecule has 0 aromatic heterocycles. The van der Waals surface area contributed by atoms with Crippen LogP contribution in [0, 0.1) is 23.2 Å². The molecule has 3 N–H and O–H groups in total. The zero-order valence-corrected chi connectivity index (χ0v) is 9.00. The first-order valence-corrected chi connectivity index (χ1v) is 5.66. The Labute approximate surface area is 86.2 Å². The van der Waals surface area contributed by atoms with Gasteiger partial charge in [0, 0.05) is 6.54 Å². The third-order valence-corrected chi connectivity index (χ3v) is 3.87. The number of amidine groups is 1. The molecule has 0 aromatic carbocycles. The first-order chi connectivity index (χ1) is 6.65. The average molecular weight is 195 g/mol. The molecule has 3 nitrogen and oxygen atoms in total. The van der Waals surface area contributed by atoms with Crippen LogP contribution in [-0.4, -0.2) is 30.9 Å². The second-order valence-electron chi connectivity index (χ2n) is 5.16. The normalized spacial score (nSPS) is 35.4. The summed E-state index contributed by atoms with van der Waals surface area (Å²) in [5.41, 5.74) is 5.39. The van der Waals surface area contributed by atoms with Crippen LogP contribution in [0.15, 0.2) is 0 Å². The van der Waals surface area contributed by atoms with E-state index < -0.39 is 0 Å². The van der Waals surface area contributed by atoms with E-state index in [1.54, 1.807) is 0 Å². The number of hydrogen-bond donors (Lipinski definition) is 2. The lowest BCUT2D eigenvalue weighted by Crippen LogP contribution is -2.35. The largest absolute Gasteiger partial charge is 0.387 e. The molecular weight excluding hydrogens is 174 g/mol. The van der Waals surface area contributed by atoms with Crippen molar-refractivity contribution in [2.24, 2.45) is 23.5 Å². The van der Waals surface area contributed by atoms with Crippen molar-refractivity contribution >= 4 is 5.84 Å². The lowest BCUT2D eigenvalue weighted by Gasteiger charge is -2.26. The van der Waals surface area contributed by atoms with Crippen LogP contribution >= 0.6 is 0 Å². The maximum Gasteiger partial charge on any atom is 0.105 e. The second-order valence-corrected chi connectivity index (χ2v) is 5.16. The highest BCUT2D eigenvalue weighted by atomic mass is 15.1. The van der Waals surface area contributed by atoms with Gasteiger partial charge in [0.05, 0.1) is 6.54 Å². The fourth-order valence-electron chi connectivity index (χ4n) is 3.36. The molecule has 3 heteroatoms. The zero-order chi connectivity index (χ0) is 10.1. The SMILES string of the molecule is CN(CC(=N)N)CC1CC2CCC1C2. The van der Waals surface area contributed by atoms with Crippen molar-refractivity contribution in [3.05, 3.63) is 0 Å². The van der Waals surface area contributed by atoms with Crippen LogP contribution in [0.25, 0.3) is 0 Å². The van der Waals surface area contributed by atoms with Gasteiger partial charge in [-0.2, -0.15) is 0 Å². The van der Waals surface area contributed by atoms with E-state index >= 15 is 0 Å². The third kappa shape index (κ3) is 2.08. The van der Waals surface area contributed by atoms with Gasteiger partial charge in [0.15, 0.2) is 0 Å². The molecule has 0 amide bonds. The van der Waals surface area contributed by atoms with Crippen LogP contribution in [0.2, 0.25) is 0 Å². The van der Waals surface area contributed by atoms with Crippen LogP contribution < -0.4 is 5.73 Å². The van der Waals surface area contributed by atoms with Gasteiger partial charge in [0.2, 0.25) is 0 Å². The molecule has 2 bridgehead atoms. The molecule has 0 radical (unpaired) electrons. The Kier molecular flexibility index (Phi) is 2.77. The van der Waals surface area contributed by atoms with Gasteiger partial charge in [-0.3, -0.25) is 10.3 Å². The minimum absolute atomic E-state index is 0.288. The predicted octanol–water partition coefficient (Wildman–Crippen LogP) is 1.29. The average Bonchev–Trinajstić information content (AvgIpc) is 2.62. The number of fused-ring (bicyclic) bond motifs is 2. The van der Waals surface area contributed by atoms with Gasteiger partial charge in [-0.15, -0.1) is 0 Å². The Bertz CT molecular complexity index is 227. The summed E-state index contributed by atoms with van der Waals surface area (Å²) in [5, 5.41) is 7.24. The number of nitrogens with zero attached hydrogens (tertiary/aromatic N) is 1. The highest BCUT2D eigenvalue weighted by Gasteiger charge is 2.39. The summed E-state index contributed by atoms with van der Waals surface area (Å²) in [6.45, 7) is 1.77. The van der Waals surface area contributed by atoms with Crippen molar-refractivity contribution in [2.75, 3.05) is 20.1 Å². The number of hydrogen-bond acceptors (Lipinski definition) is 2. The summed E-state index contributed by atoms with van der Waals surface area (Å²) in [6, 6.07) is 0. The molecular formula is C11H21N3. The number of nitrogens with two attached hydrogens (primary N) is 1. The molecule has 3 atom stereocenters. The molecule has 2 rings (SSSR count). The number of rotatable bonds is 4. The highest BCUT2D eigenvalue weighted by molar-refractivity contribution is 5.78. The van der Waals surface area contributed by atoms with Crippen molar-refractivity contribution in [2.45, 2.75) is 25.7 Å². The Morgan fingerprint density at radius 3 is 2.71 bits per heavy atom. The first-order valence-electron chi connectivity index (χ1n) is 5.66. The van der Waals surface area contributed by atoms with Gasteiger partial charge < -0.3 is 5.73 Å². The molecule has 0 heterocycles. The van der Waals surface area contributed by atoms with Crippen molar-refractivity contribution in [1.82, 2.24) is 4.90 Å². The fourth-order valence-corrected chi connectivity index (χ4v) is 3.36. The highest BCUT2D eigenvalue weighted by Crippen LogP contribution is 2.48. The van der Waals surface area contributed by atoms with E-state index in [4.69, 9.17) is 11.1 Å². The molecule has 0 saturated heterocycles. The lowest BCUT2D eigenvalue weighted by molar-refractivity contribution is 0.236. The summed E-state index contributed by atoms with van der Waals surface area (Å²) in [4.78, 5) is 2.20. The van der Waals surface area contributed by atoms with E-state index in [1.807, 2.05) is 0 Å². The molecule has 2 aliphatic rings. The van der Waals surface area contributed by atoms with Gasteiger partial charge in [-0.1, -0.05) is 6.42 Å². The molecule has 80 valence electrons. The van der Waals surface area contributed by atoms with Crippen LogP contribution in [-0.2, 0) is 0 Å². The zero-order valence-electron chi connectivity index (χ0n) is 9.00. The summed E-state index contributed by atoms with van der Waals surface area (Å²) in [7, 11) is 2.08. The van der Waals surface area contributed by atoms with Crippen LogP contribution in [0.4, 0.5) is 0 Å². The monoisotopic (exact) mass is 195 g/mol. The van der Waals surface area contributed by atoms with E-state index in [9.17, 15) is 0 Å². The topological polar surface area (TPSA) is 53.1 Å². The fraction of sp³-hybridized carbons (Fsp3) is 0.909. The van der Waals surface area contributed by atoms with Crippen LogP contribution in [0.3, 0.4) is 0 Å². The maximum atomic E-state index is 7.24. The van der Waals surface area contributed by atoms with Crippen molar-refractivity contribution in [3.63, 3.8) is 0 Å². The number of likely N-dealkylation sites (N-methyl/N-ethyl adjacent to an activating group) is 1. The molecule has 2 saturated carbocycles. The quantitative estimate of drug-likeness (QED) is 0.524. The Morgan fingerprint density at radius 1 is 1.43 bits per heavy atom.